The number of halogens is 3. The van der Waals surface area contributed by atoms with Crippen LogP contribution in [-0.4, -0.2) is 24.0 Å². The van der Waals surface area contributed by atoms with Crippen LogP contribution in [0.25, 0.3) is 0 Å². The number of carbonyl (C=O) groups is 3. The van der Waals surface area contributed by atoms with Crippen molar-refractivity contribution in [2.75, 3.05) is 0 Å². The number of hydrazine groups is 1. The Hall–Kier alpha value is -2.78. The van der Waals surface area contributed by atoms with Crippen LogP contribution in [0.2, 0.25) is 0 Å². The first-order valence-corrected chi connectivity index (χ1v) is 5.50. The van der Waals surface area contributed by atoms with Crippen molar-refractivity contribution in [3.8, 4) is 0 Å². The maximum atomic E-state index is 11.9. The number of amides is 4. The molecule has 21 heavy (non-hydrogen) atoms. The second-order valence-electron chi connectivity index (χ2n) is 3.82. The van der Waals surface area contributed by atoms with Gasteiger partial charge >= 0.3 is 18.1 Å². The minimum Gasteiger partial charge on any atom is -0.352 e. The number of nitrogens with two attached hydrogens (primary N) is 1. The number of nitrogens with one attached hydrogen (secondary N) is 3. The fourth-order valence-electron chi connectivity index (χ4n) is 1.22. The van der Waals surface area contributed by atoms with E-state index in [1.54, 1.807) is 5.43 Å². The molecule has 0 fully saturated rings. The summed E-state index contributed by atoms with van der Waals surface area (Å²) in [4.78, 5) is 32.5. The molecule has 0 aliphatic rings. The Kier molecular flexibility index (Phi) is 5.11. The molecule has 4 amide bonds. The molecule has 1 rings (SSSR count). The summed E-state index contributed by atoms with van der Waals surface area (Å²) in [5, 5.41) is 2.32. The van der Waals surface area contributed by atoms with E-state index in [0.717, 1.165) is 0 Å². The zero-order valence-corrected chi connectivity index (χ0v) is 10.5. The van der Waals surface area contributed by atoms with Crippen molar-refractivity contribution < 1.29 is 27.6 Å². The third kappa shape index (κ3) is 5.38. The summed E-state index contributed by atoms with van der Waals surface area (Å²) in [7, 11) is 0. The lowest BCUT2D eigenvalue weighted by Crippen LogP contribution is -2.47. The first kappa shape index (κ1) is 16.3. The van der Waals surface area contributed by atoms with Gasteiger partial charge in [0.15, 0.2) is 0 Å². The van der Waals surface area contributed by atoms with E-state index in [9.17, 15) is 27.6 Å². The maximum absolute atomic E-state index is 11.9. The molecule has 0 heterocycles. The average Bonchev–Trinajstić information content (AvgIpc) is 2.41. The zero-order valence-electron chi connectivity index (χ0n) is 10.5. The number of primary amides is 1. The topological polar surface area (TPSA) is 113 Å². The van der Waals surface area contributed by atoms with E-state index in [2.05, 4.69) is 5.32 Å². The van der Waals surface area contributed by atoms with Crippen LogP contribution < -0.4 is 21.9 Å². The summed E-state index contributed by atoms with van der Waals surface area (Å²) in [5.74, 6) is -3.19. The van der Waals surface area contributed by atoms with Gasteiger partial charge in [0.1, 0.15) is 0 Å². The standard InChI is InChI=1S/C11H11F3N4O3/c12-11(13,14)9(20)18-17-8(19)7-3-1-6(2-4-7)5-16-10(15)21/h1-4H,5H2,(H,17,19)(H,18,20)(H3,15,16,21). The molecule has 0 radical (unpaired) electrons. The lowest BCUT2D eigenvalue weighted by Gasteiger charge is -2.09. The monoisotopic (exact) mass is 304 g/mol. The molecule has 7 nitrogen and oxygen atoms in total. The lowest BCUT2D eigenvalue weighted by atomic mass is 10.1. The highest BCUT2D eigenvalue weighted by atomic mass is 19.4. The van der Waals surface area contributed by atoms with Crippen molar-refractivity contribution in [1.82, 2.24) is 16.2 Å². The van der Waals surface area contributed by atoms with Gasteiger partial charge in [0.25, 0.3) is 5.91 Å². The van der Waals surface area contributed by atoms with Crippen molar-refractivity contribution in [1.29, 1.82) is 0 Å². The van der Waals surface area contributed by atoms with Crippen LogP contribution in [0.4, 0.5) is 18.0 Å². The van der Waals surface area contributed by atoms with Gasteiger partial charge in [-0.1, -0.05) is 12.1 Å². The molecule has 0 aliphatic heterocycles. The number of urea groups is 1. The Labute approximate surface area is 116 Å². The van der Waals surface area contributed by atoms with Gasteiger partial charge in [0, 0.05) is 12.1 Å². The van der Waals surface area contributed by atoms with Gasteiger partial charge in [-0.2, -0.15) is 13.2 Å². The number of alkyl halides is 3. The fourth-order valence-corrected chi connectivity index (χ4v) is 1.22. The van der Waals surface area contributed by atoms with Crippen molar-refractivity contribution in [2.45, 2.75) is 12.7 Å². The minimum atomic E-state index is -5.09. The molecule has 114 valence electrons. The molecular weight excluding hydrogens is 293 g/mol. The first-order valence-electron chi connectivity index (χ1n) is 5.50. The average molecular weight is 304 g/mol. The minimum absolute atomic E-state index is 0.0281. The van der Waals surface area contributed by atoms with Gasteiger partial charge in [-0.15, -0.1) is 0 Å². The lowest BCUT2D eigenvalue weighted by molar-refractivity contribution is -0.174. The van der Waals surface area contributed by atoms with Crippen molar-refractivity contribution in [3.63, 3.8) is 0 Å². The smallest absolute Gasteiger partial charge is 0.352 e. The summed E-state index contributed by atoms with van der Waals surface area (Å²) in [6.45, 7) is 0.141. The Morgan fingerprint density at radius 3 is 2.10 bits per heavy atom. The first-order chi connectivity index (χ1) is 9.70. The summed E-state index contributed by atoms with van der Waals surface area (Å²) in [5.41, 5.74) is 8.40. The third-order valence-corrected chi connectivity index (χ3v) is 2.23. The molecule has 0 aromatic heterocycles. The molecule has 0 spiro atoms. The molecule has 0 atom stereocenters. The largest absolute Gasteiger partial charge is 0.472 e. The second-order valence-corrected chi connectivity index (χ2v) is 3.82. The molecule has 0 saturated carbocycles. The van der Waals surface area contributed by atoms with E-state index >= 15 is 0 Å². The van der Waals surface area contributed by atoms with Gasteiger partial charge in [-0.3, -0.25) is 20.4 Å². The quantitative estimate of drug-likeness (QED) is 0.597. The molecule has 5 N–H and O–H groups in total. The number of hydrogen-bond donors (Lipinski definition) is 4. The fraction of sp³-hybridized carbons (Fsp3) is 0.182. The van der Waals surface area contributed by atoms with Crippen LogP contribution in [-0.2, 0) is 11.3 Å². The summed E-state index contributed by atoms with van der Waals surface area (Å²) in [6, 6.07) is 4.85. The van der Waals surface area contributed by atoms with Crippen LogP contribution in [0.15, 0.2) is 24.3 Å². The Morgan fingerprint density at radius 2 is 1.62 bits per heavy atom. The molecule has 10 heteroatoms. The number of hydrogen-bond acceptors (Lipinski definition) is 3. The molecule has 1 aromatic carbocycles. The van der Waals surface area contributed by atoms with E-state index in [1.165, 1.54) is 29.7 Å². The van der Waals surface area contributed by atoms with Gasteiger partial charge in [0.2, 0.25) is 0 Å². The number of benzene rings is 1. The predicted molar refractivity (Wildman–Crippen MR) is 64.5 cm³/mol. The van der Waals surface area contributed by atoms with E-state index in [0.29, 0.717) is 5.56 Å². The maximum Gasteiger partial charge on any atom is 0.472 e. The van der Waals surface area contributed by atoms with Gasteiger partial charge in [-0.05, 0) is 17.7 Å². The molecule has 0 unspecified atom stereocenters. The van der Waals surface area contributed by atoms with E-state index < -0.39 is 24.0 Å². The molecule has 1 aromatic rings. The van der Waals surface area contributed by atoms with Crippen LogP contribution in [0.5, 0.6) is 0 Å². The predicted octanol–water partition coefficient (Wildman–Crippen LogP) is 0.178. The Bertz CT molecular complexity index is 543. The molecule has 0 saturated heterocycles. The Balaban J connectivity index is 2.55. The highest BCUT2D eigenvalue weighted by molar-refractivity contribution is 5.95. The van der Waals surface area contributed by atoms with E-state index in [-0.39, 0.29) is 12.1 Å². The van der Waals surface area contributed by atoms with Crippen molar-refractivity contribution in [2.24, 2.45) is 5.73 Å². The van der Waals surface area contributed by atoms with Crippen LogP contribution in [0.1, 0.15) is 15.9 Å². The summed E-state index contributed by atoms with van der Waals surface area (Å²) >= 11 is 0. The van der Waals surface area contributed by atoms with Crippen LogP contribution in [0, 0.1) is 0 Å². The van der Waals surface area contributed by atoms with Crippen molar-refractivity contribution >= 4 is 17.8 Å². The van der Waals surface area contributed by atoms with E-state index in [4.69, 9.17) is 5.73 Å². The summed E-state index contributed by atoms with van der Waals surface area (Å²) < 4.78 is 35.7. The van der Waals surface area contributed by atoms with Gasteiger partial charge in [-0.25, -0.2) is 4.79 Å². The van der Waals surface area contributed by atoms with Crippen LogP contribution in [0.3, 0.4) is 0 Å². The number of rotatable bonds is 3. The molecule has 0 aliphatic carbocycles. The number of carbonyl (C=O) groups excluding carboxylic acids is 3. The molecular formula is C11H11F3N4O3. The van der Waals surface area contributed by atoms with Crippen LogP contribution >= 0.6 is 0 Å². The second kappa shape index (κ2) is 6.59. The third-order valence-electron chi connectivity index (χ3n) is 2.23. The van der Waals surface area contributed by atoms with Gasteiger partial charge in [0.05, 0.1) is 0 Å². The SMILES string of the molecule is NC(=O)NCc1ccc(C(=O)NNC(=O)C(F)(F)F)cc1. The highest BCUT2D eigenvalue weighted by Crippen LogP contribution is 2.13. The van der Waals surface area contributed by atoms with Gasteiger partial charge < -0.3 is 11.1 Å². The van der Waals surface area contributed by atoms with E-state index in [1.807, 2.05) is 0 Å². The zero-order chi connectivity index (χ0) is 16.0. The Morgan fingerprint density at radius 1 is 1.05 bits per heavy atom. The van der Waals surface area contributed by atoms with Crippen molar-refractivity contribution in [3.05, 3.63) is 35.4 Å². The normalized spacial score (nSPS) is 10.6. The highest BCUT2D eigenvalue weighted by Gasteiger charge is 2.38. The summed E-state index contributed by atoms with van der Waals surface area (Å²) in [6.07, 6.45) is -5.09. The molecule has 0 bridgehead atoms.